The third-order valence-corrected chi connectivity index (χ3v) is 4.27. The minimum Gasteiger partial charge on any atom is -0.235 e. The zero-order valence-electron chi connectivity index (χ0n) is 9.65. The lowest BCUT2D eigenvalue weighted by atomic mass is 10.1. The van der Waals surface area contributed by atoms with E-state index in [0.717, 1.165) is 16.1 Å². The molecule has 0 fully saturated rings. The molecule has 0 amide bonds. The summed E-state index contributed by atoms with van der Waals surface area (Å²) in [7, 11) is 0. The second kappa shape index (κ2) is 5.23. The fourth-order valence-electron chi connectivity index (χ4n) is 1.41. The Bertz CT molecular complexity index is 641. The zero-order chi connectivity index (χ0) is 14.0. The van der Waals surface area contributed by atoms with E-state index in [2.05, 4.69) is 4.98 Å². The van der Waals surface area contributed by atoms with Crippen LogP contribution in [0, 0.1) is 18.3 Å². The molecule has 2 nitrogen and oxygen atoms in total. The van der Waals surface area contributed by atoms with Crippen molar-refractivity contribution in [3.05, 3.63) is 40.4 Å². The van der Waals surface area contributed by atoms with Crippen LogP contribution in [0.25, 0.3) is 0 Å². The van der Waals surface area contributed by atoms with Crippen LogP contribution in [-0.2, 0) is 6.18 Å². The van der Waals surface area contributed by atoms with Crippen LogP contribution < -0.4 is 0 Å². The second-order valence-corrected chi connectivity index (χ2v) is 5.85. The average molecular weight is 300 g/mol. The van der Waals surface area contributed by atoms with E-state index in [1.54, 1.807) is 6.07 Å². The zero-order valence-corrected chi connectivity index (χ0v) is 11.3. The molecule has 0 atom stereocenters. The molecule has 1 aromatic heterocycles. The fourth-order valence-corrected chi connectivity index (χ4v) is 3.26. The lowest BCUT2D eigenvalue weighted by molar-refractivity contribution is -0.137. The number of nitriles is 1. The van der Waals surface area contributed by atoms with E-state index >= 15 is 0 Å². The molecule has 98 valence electrons. The molecule has 7 heteroatoms. The van der Waals surface area contributed by atoms with Crippen molar-refractivity contribution >= 4 is 23.1 Å². The summed E-state index contributed by atoms with van der Waals surface area (Å²) in [5.74, 6) is 0. The van der Waals surface area contributed by atoms with Gasteiger partial charge in [-0.05, 0) is 25.1 Å². The number of aryl methyl sites for hydroxylation is 1. The molecular formula is C12H7F3N2S2. The van der Waals surface area contributed by atoms with E-state index in [4.69, 9.17) is 5.26 Å². The summed E-state index contributed by atoms with van der Waals surface area (Å²) in [5, 5.41) is 10.7. The summed E-state index contributed by atoms with van der Waals surface area (Å²) in [6.07, 6.45) is -4.51. The molecule has 0 aliphatic rings. The van der Waals surface area contributed by atoms with Crippen molar-refractivity contribution < 1.29 is 13.2 Å². The maximum Gasteiger partial charge on any atom is 0.417 e. The summed E-state index contributed by atoms with van der Waals surface area (Å²) >= 11 is 2.66. The highest BCUT2D eigenvalue weighted by atomic mass is 32.2. The van der Waals surface area contributed by atoms with Crippen molar-refractivity contribution in [2.45, 2.75) is 22.3 Å². The van der Waals surface area contributed by atoms with E-state index in [1.807, 2.05) is 12.3 Å². The first-order valence-electron chi connectivity index (χ1n) is 5.11. The lowest BCUT2D eigenvalue weighted by Gasteiger charge is -2.09. The van der Waals surface area contributed by atoms with Gasteiger partial charge in [-0.3, -0.25) is 0 Å². The Hall–Kier alpha value is -1.52. The first kappa shape index (κ1) is 13.9. The third kappa shape index (κ3) is 3.28. The van der Waals surface area contributed by atoms with Gasteiger partial charge in [0, 0.05) is 16.0 Å². The Morgan fingerprint density at radius 3 is 2.63 bits per heavy atom. The van der Waals surface area contributed by atoms with Gasteiger partial charge in [0.05, 0.1) is 17.2 Å². The smallest absolute Gasteiger partial charge is 0.235 e. The maximum absolute atomic E-state index is 12.6. The Kier molecular flexibility index (Phi) is 3.83. The minimum atomic E-state index is -4.51. The van der Waals surface area contributed by atoms with Crippen LogP contribution in [0.15, 0.2) is 32.8 Å². The molecule has 0 N–H and O–H groups in total. The van der Waals surface area contributed by atoms with E-state index in [0.29, 0.717) is 4.90 Å². The molecular weight excluding hydrogens is 293 g/mol. The average Bonchev–Trinajstić information content (AvgIpc) is 2.73. The Morgan fingerprint density at radius 2 is 2.11 bits per heavy atom. The van der Waals surface area contributed by atoms with Crippen molar-refractivity contribution in [1.29, 1.82) is 5.26 Å². The summed E-state index contributed by atoms with van der Waals surface area (Å²) in [4.78, 5) is 4.78. The molecule has 0 spiro atoms. The van der Waals surface area contributed by atoms with Crippen LogP contribution in [0.2, 0.25) is 0 Å². The number of thiazole rings is 1. The minimum absolute atomic E-state index is 0.370. The van der Waals surface area contributed by atoms with Gasteiger partial charge in [-0.25, -0.2) is 4.98 Å². The number of aromatic nitrogens is 1. The van der Waals surface area contributed by atoms with E-state index in [9.17, 15) is 13.2 Å². The van der Waals surface area contributed by atoms with Crippen LogP contribution in [0.4, 0.5) is 13.2 Å². The van der Waals surface area contributed by atoms with Crippen LogP contribution in [0.5, 0.6) is 0 Å². The number of hydrogen-bond donors (Lipinski definition) is 0. The number of rotatable bonds is 2. The topological polar surface area (TPSA) is 36.7 Å². The lowest BCUT2D eigenvalue weighted by Crippen LogP contribution is -2.07. The summed E-state index contributed by atoms with van der Waals surface area (Å²) in [6, 6.07) is 5.11. The van der Waals surface area contributed by atoms with E-state index in [-0.39, 0.29) is 5.56 Å². The first-order chi connectivity index (χ1) is 8.90. The standard InChI is InChI=1S/C12H7F3N2S2/c1-7-6-18-11(17-7)19-9-2-3-10(12(13,14)15)8(4-9)5-16/h2-4,6H,1H3. The molecule has 0 radical (unpaired) electrons. The molecule has 1 heterocycles. The van der Waals surface area contributed by atoms with Crippen LogP contribution in [0.3, 0.4) is 0 Å². The Balaban J connectivity index is 2.32. The molecule has 1 aromatic carbocycles. The molecule has 19 heavy (non-hydrogen) atoms. The van der Waals surface area contributed by atoms with E-state index < -0.39 is 11.7 Å². The SMILES string of the molecule is Cc1csc(Sc2ccc(C(F)(F)F)c(C#N)c2)n1. The molecule has 0 aliphatic heterocycles. The van der Waals surface area contributed by atoms with E-state index in [1.165, 1.54) is 35.2 Å². The number of nitrogens with zero attached hydrogens (tertiary/aromatic N) is 2. The highest BCUT2D eigenvalue weighted by Gasteiger charge is 2.33. The quantitative estimate of drug-likeness (QED) is 0.819. The Labute approximate surface area is 115 Å². The number of alkyl halides is 3. The fraction of sp³-hybridized carbons (Fsp3) is 0.167. The number of hydrogen-bond acceptors (Lipinski definition) is 4. The van der Waals surface area contributed by atoms with Gasteiger partial charge in [0.2, 0.25) is 0 Å². The van der Waals surface area contributed by atoms with Gasteiger partial charge in [-0.1, -0.05) is 11.8 Å². The van der Waals surface area contributed by atoms with Crippen LogP contribution in [-0.4, -0.2) is 4.98 Å². The summed E-state index contributed by atoms with van der Waals surface area (Å²) in [6.45, 7) is 1.84. The molecule has 0 bridgehead atoms. The molecule has 0 aliphatic carbocycles. The van der Waals surface area contributed by atoms with Crippen molar-refractivity contribution in [2.24, 2.45) is 0 Å². The summed E-state index contributed by atoms with van der Waals surface area (Å²) < 4.78 is 38.6. The molecule has 0 unspecified atom stereocenters. The van der Waals surface area contributed by atoms with Crippen molar-refractivity contribution in [3.8, 4) is 6.07 Å². The predicted molar refractivity (Wildman–Crippen MR) is 67.1 cm³/mol. The predicted octanol–water partition coefficient (Wildman–Crippen LogP) is 4.49. The van der Waals surface area contributed by atoms with Gasteiger partial charge in [0.15, 0.2) is 4.34 Å². The molecule has 2 rings (SSSR count). The highest BCUT2D eigenvalue weighted by molar-refractivity contribution is 8.01. The van der Waals surface area contributed by atoms with Crippen molar-refractivity contribution in [1.82, 2.24) is 4.98 Å². The molecule has 2 aromatic rings. The first-order valence-corrected chi connectivity index (χ1v) is 6.81. The molecule has 0 saturated heterocycles. The monoisotopic (exact) mass is 300 g/mol. The molecule has 0 saturated carbocycles. The van der Waals surface area contributed by atoms with Gasteiger partial charge in [0.1, 0.15) is 0 Å². The maximum atomic E-state index is 12.6. The van der Waals surface area contributed by atoms with Crippen LogP contribution in [0.1, 0.15) is 16.8 Å². The van der Waals surface area contributed by atoms with Crippen molar-refractivity contribution in [2.75, 3.05) is 0 Å². The van der Waals surface area contributed by atoms with Gasteiger partial charge >= 0.3 is 6.18 Å². The van der Waals surface area contributed by atoms with Gasteiger partial charge in [-0.2, -0.15) is 18.4 Å². The highest BCUT2D eigenvalue weighted by Crippen LogP contribution is 2.36. The summed E-state index contributed by atoms with van der Waals surface area (Å²) in [5.41, 5.74) is -0.416. The number of benzene rings is 1. The second-order valence-electron chi connectivity index (χ2n) is 3.67. The van der Waals surface area contributed by atoms with Gasteiger partial charge < -0.3 is 0 Å². The Morgan fingerprint density at radius 1 is 1.37 bits per heavy atom. The van der Waals surface area contributed by atoms with Crippen LogP contribution >= 0.6 is 23.1 Å². The normalized spacial score (nSPS) is 11.3. The van der Waals surface area contributed by atoms with Gasteiger partial charge in [0.25, 0.3) is 0 Å². The number of halogens is 3. The third-order valence-electron chi connectivity index (χ3n) is 2.22. The largest absolute Gasteiger partial charge is 0.417 e. The van der Waals surface area contributed by atoms with Gasteiger partial charge in [-0.15, -0.1) is 11.3 Å². The van der Waals surface area contributed by atoms with Crippen molar-refractivity contribution in [3.63, 3.8) is 0 Å².